The monoisotopic (exact) mass is 396 g/mol. The van der Waals surface area contributed by atoms with Gasteiger partial charge in [0.15, 0.2) is 5.82 Å². The molecule has 0 unspecified atom stereocenters. The van der Waals surface area contributed by atoms with Gasteiger partial charge in [0.1, 0.15) is 6.54 Å². The maximum atomic E-state index is 13.5. The van der Waals surface area contributed by atoms with Gasteiger partial charge in [-0.1, -0.05) is 54.6 Å². The molecule has 1 aromatic heterocycles. The molecule has 0 fully saturated rings. The number of anilines is 1. The molecule has 7 nitrogen and oxygen atoms in total. The molecule has 0 atom stereocenters. The molecule has 3 aromatic carbocycles. The van der Waals surface area contributed by atoms with Crippen molar-refractivity contribution in [2.24, 2.45) is 0 Å². The number of carbonyl (C=O) groups excluding carboxylic acids is 2. The zero-order chi connectivity index (χ0) is 20.7. The Bertz CT molecular complexity index is 1360. The van der Waals surface area contributed by atoms with Crippen molar-refractivity contribution in [1.29, 1.82) is 0 Å². The van der Waals surface area contributed by atoms with Crippen LogP contribution in [0.25, 0.3) is 22.3 Å². The molecule has 0 spiro atoms. The number of nitrogens with zero attached hydrogens (tertiary/aromatic N) is 3. The van der Waals surface area contributed by atoms with Gasteiger partial charge >= 0.3 is 0 Å². The highest BCUT2D eigenvalue weighted by Gasteiger charge is 2.30. The second-order valence-corrected chi connectivity index (χ2v) is 6.89. The molecule has 0 bridgehead atoms. The van der Waals surface area contributed by atoms with Gasteiger partial charge in [-0.2, -0.15) is 4.68 Å². The number of amides is 2. The van der Waals surface area contributed by atoms with Crippen molar-refractivity contribution >= 4 is 28.4 Å². The molecule has 146 valence electrons. The highest BCUT2D eigenvalue weighted by atomic mass is 16.2. The van der Waals surface area contributed by atoms with Gasteiger partial charge in [0, 0.05) is 5.56 Å². The van der Waals surface area contributed by atoms with Crippen molar-refractivity contribution in [3.8, 4) is 11.4 Å². The number of benzene rings is 3. The molecule has 5 rings (SSSR count). The van der Waals surface area contributed by atoms with Gasteiger partial charge in [-0.15, -0.1) is 0 Å². The molecule has 0 aliphatic carbocycles. The molecule has 0 radical (unpaired) electrons. The number of aromatic nitrogens is 2. The van der Waals surface area contributed by atoms with Crippen LogP contribution in [0.2, 0.25) is 0 Å². The molecule has 0 saturated heterocycles. The van der Waals surface area contributed by atoms with E-state index in [1.54, 1.807) is 48.5 Å². The minimum absolute atomic E-state index is 0.292. The Morgan fingerprint density at radius 2 is 1.50 bits per heavy atom. The molecule has 1 N–H and O–H groups in total. The van der Waals surface area contributed by atoms with E-state index in [1.165, 1.54) is 4.68 Å². The van der Waals surface area contributed by atoms with E-state index in [9.17, 15) is 14.4 Å². The van der Waals surface area contributed by atoms with Gasteiger partial charge in [0.25, 0.3) is 11.5 Å². The smallest absolute Gasteiger partial charge is 0.280 e. The van der Waals surface area contributed by atoms with Gasteiger partial charge in [0.2, 0.25) is 5.91 Å². The average Bonchev–Trinajstić information content (AvgIpc) is 2.90. The Morgan fingerprint density at radius 1 is 0.800 bits per heavy atom. The minimum atomic E-state index is -0.458. The fraction of sp³-hybridized carbons (Fsp3) is 0.0435. The first-order valence-electron chi connectivity index (χ1n) is 9.42. The SMILES string of the molecule is O=C1CN(n2c(-c3ccccc3)nc3ccccc3c2=O)C(=O)c2ccccc2N1. The molecule has 1 aliphatic heterocycles. The fourth-order valence-electron chi connectivity index (χ4n) is 3.60. The maximum absolute atomic E-state index is 13.5. The van der Waals surface area contributed by atoms with E-state index in [4.69, 9.17) is 0 Å². The van der Waals surface area contributed by atoms with Crippen molar-refractivity contribution < 1.29 is 9.59 Å². The van der Waals surface area contributed by atoms with Gasteiger partial charge in [-0.3, -0.25) is 14.4 Å². The van der Waals surface area contributed by atoms with Crippen molar-refractivity contribution in [3.63, 3.8) is 0 Å². The number of hydrogen-bond donors (Lipinski definition) is 1. The summed E-state index contributed by atoms with van der Waals surface area (Å²) in [4.78, 5) is 44.1. The minimum Gasteiger partial charge on any atom is -0.324 e. The Labute approximate surface area is 171 Å². The van der Waals surface area contributed by atoms with Gasteiger partial charge in [-0.25, -0.2) is 9.99 Å². The molecule has 30 heavy (non-hydrogen) atoms. The summed E-state index contributed by atoms with van der Waals surface area (Å²) in [5, 5.41) is 4.25. The number of carbonyl (C=O) groups is 2. The van der Waals surface area contributed by atoms with E-state index in [0.717, 1.165) is 5.01 Å². The lowest BCUT2D eigenvalue weighted by Gasteiger charge is -2.25. The van der Waals surface area contributed by atoms with Crippen LogP contribution in [0.5, 0.6) is 0 Å². The summed E-state index contributed by atoms with van der Waals surface area (Å²) in [6.07, 6.45) is 0. The average molecular weight is 396 g/mol. The van der Waals surface area contributed by atoms with Crippen LogP contribution in [0.1, 0.15) is 10.4 Å². The van der Waals surface area contributed by atoms with Gasteiger partial charge in [0.05, 0.1) is 22.2 Å². The van der Waals surface area contributed by atoms with E-state index in [0.29, 0.717) is 33.5 Å². The molecule has 2 amide bonds. The Morgan fingerprint density at radius 3 is 2.33 bits per heavy atom. The summed E-state index contributed by atoms with van der Waals surface area (Å²) in [5.74, 6) is -0.562. The number of para-hydroxylation sites is 2. The van der Waals surface area contributed by atoms with Crippen LogP contribution in [0.4, 0.5) is 5.69 Å². The van der Waals surface area contributed by atoms with Gasteiger partial charge < -0.3 is 5.32 Å². The standard InChI is InChI=1S/C23H16N4O3/c28-20-14-26(22(29)16-10-4-6-12-18(16)24-20)27-21(15-8-2-1-3-9-15)25-19-13-7-5-11-17(19)23(27)30/h1-13H,14H2,(H,24,28). The number of fused-ring (bicyclic) bond motifs is 2. The summed E-state index contributed by atoms with van der Waals surface area (Å²) >= 11 is 0. The molecule has 1 aliphatic rings. The highest BCUT2D eigenvalue weighted by Crippen LogP contribution is 2.23. The molecule has 4 aromatic rings. The van der Waals surface area contributed by atoms with Crippen molar-refractivity contribution in [2.75, 3.05) is 16.9 Å². The van der Waals surface area contributed by atoms with E-state index in [1.807, 2.05) is 30.3 Å². The first-order chi connectivity index (χ1) is 14.6. The zero-order valence-electron chi connectivity index (χ0n) is 15.8. The highest BCUT2D eigenvalue weighted by molar-refractivity contribution is 6.14. The third-order valence-electron chi connectivity index (χ3n) is 4.99. The zero-order valence-corrected chi connectivity index (χ0v) is 15.8. The topological polar surface area (TPSA) is 84.3 Å². The lowest BCUT2D eigenvalue weighted by molar-refractivity contribution is -0.115. The summed E-state index contributed by atoms with van der Waals surface area (Å²) in [5.41, 5.74) is 1.48. The van der Waals surface area contributed by atoms with E-state index in [2.05, 4.69) is 10.3 Å². The molecule has 7 heteroatoms. The molecule has 0 saturated carbocycles. The van der Waals surface area contributed by atoms with Crippen LogP contribution in [0, 0.1) is 0 Å². The van der Waals surface area contributed by atoms with Crippen LogP contribution in [-0.4, -0.2) is 28.0 Å². The fourth-order valence-corrected chi connectivity index (χ4v) is 3.60. The third-order valence-corrected chi connectivity index (χ3v) is 4.99. The first-order valence-corrected chi connectivity index (χ1v) is 9.42. The lowest BCUT2D eigenvalue weighted by Crippen LogP contribution is -2.49. The van der Waals surface area contributed by atoms with Crippen LogP contribution in [-0.2, 0) is 4.79 Å². The van der Waals surface area contributed by atoms with Crippen molar-refractivity contribution in [2.45, 2.75) is 0 Å². The summed E-state index contributed by atoms with van der Waals surface area (Å²) in [7, 11) is 0. The predicted molar refractivity (Wildman–Crippen MR) is 114 cm³/mol. The summed E-state index contributed by atoms with van der Waals surface area (Å²) < 4.78 is 1.21. The second-order valence-electron chi connectivity index (χ2n) is 6.89. The first kappa shape index (κ1) is 17.8. The second kappa shape index (κ2) is 6.97. The Balaban J connectivity index is 1.81. The summed E-state index contributed by atoms with van der Waals surface area (Å²) in [6, 6.07) is 22.8. The third kappa shape index (κ3) is 2.84. The summed E-state index contributed by atoms with van der Waals surface area (Å²) in [6.45, 7) is -0.312. The van der Waals surface area contributed by atoms with Crippen molar-refractivity contribution in [1.82, 2.24) is 9.66 Å². The van der Waals surface area contributed by atoms with Crippen molar-refractivity contribution in [3.05, 3.63) is 94.8 Å². The maximum Gasteiger partial charge on any atom is 0.280 e. The lowest BCUT2D eigenvalue weighted by atomic mass is 10.1. The largest absolute Gasteiger partial charge is 0.324 e. The van der Waals surface area contributed by atoms with Crippen LogP contribution in [0.15, 0.2) is 83.7 Å². The Kier molecular flexibility index (Phi) is 4.14. The molecular weight excluding hydrogens is 380 g/mol. The Hall–Kier alpha value is -4.26. The predicted octanol–water partition coefficient (Wildman–Crippen LogP) is 2.79. The number of hydrogen-bond acceptors (Lipinski definition) is 4. The molecular formula is C23H16N4O3. The quantitative estimate of drug-likeness (QED) is 0.565. The van der Waals surface area contributed by atoms with Crippen LogP contribution >= 0.6 is 0 Å². The van der Waals surface area contributed by atoms with E-state index < -0.39 is 17.4 Å². The number of rotatable bonds is 2. The van der Waals surface area contributed by atoms with Gasteiger partial charge in [-0.05, 0) is 24.3 Å². The van der Waals surface area contributed by atoms with Crippen LogP contribution < -0.4 is 15.9 Å². The normalized spacial score (nSPS) is 13.7. The van der Waals surface area contributed by atoms with E-state index >= 15 is 0 Å². The van der Waals surface area contributed by atoms with E-state index in [-0.39, 0.29) is 6.54 Å². The number of nitrogens with one attached hydrogen (secondary N) is 1. The molecule has 2 heterocycles. The van der Waals surface area contributed by atoms with Crippen LogP contribution in [0.3, 0.4) is 0 Å².